The van der Waals surface area contributed by atoms with Crippen LogP contribution in [0.1, 0.15) is 65.2 Å². The Kier molecular flexibility index (Phi) is 22.0. The number of hydrogen-bond donors (Lipinski definition) is 15. The molecule has 3 aliphatic rings. The third kappa shape index (κ3) is 17.7. The van der Waals surface area contributed by atoms with Gasteiger partial charge in [0.05, 0.1) is 69.5 Å². The normalized spacial score (nSPS) is 27.5. The molecule has 10 unspecified atom stereocenters. The fourth-order valence-corrected chi connectivity index (χ4v) is 7.70. The zero-order valence-corrected chi connectivity index (χ0v) is 38.7. The number of hydrogen-bond acceptors (Lipinski definition) is 17. The number of fused-ring (bicyclic) bond motifs is 2. The summed E-state index contributed by atoms with van der Waals surface area (Å²) in [5.41, 5.74) is 11.1. The molecular weight excluding hydrogens is 951 g/mol. The van der Waals surface area contributed by atoms with Crippen molar-refractivity contribution in [2.45, 2.75) is 120 Å². The van der Waals surface area contributed by atoms with Gasteiger partial charge in [0.15, 0.2) is 0 Å². The van der Waals surface area contributed by atoms with Crippen molar-refractivity contribution in [2.24, 2.45) is 17.4 Å². The lowest BCUT2D eigenvalue weighted by Gasteiger charge is -2.39. The number of nitrogens with zero attached hydrogens (tertiary/aromatic N) is 2. The van der Waals surface area contributed by atoms with Crippen molar-refractivity contribution in [1.82, 2.24) is 57.7 Å². The summed E-state index contributed by atoms with van der Waals surface area (Å²) < 4.78 is 0. The van der Waals surface area contributed by atoms with Gasteiger partial charge in [0.1, 0.15) is 36.4 Å². The van der Waals surface area contributed by atoms with Crippen molar-refractivity contribution in [3.05, 3.63) is 0 Å². The van der Waals surface area contributed by atoms with Gasteiger partial charge >= 0.3 is 17.9 Å². The molecule has 3 aliphatic heterocycles. The second-order valence-electron chi connectivity index (χ2n) is 17.0. The van der Waals surface area contributed by atoms with Crippen LogP contribution in [-0.4, -0.2) is 207 Å². The summed E-state index contributed by atoms with van der Waals surface area (Å²) in [4.78, 5) is 184. The summed E-state index contributed by atoms with van der Waals surface area (Å²) >= 11 is 0. The van der Waals surface area contributed by atoms with E-state index >= 15 is 0 Å². The highest BCUT2D eigenvalue weighted by molar-refractivity contribution is 5.99. The lowest BCUT2D eigenvalue weighted by atomic mass is 9.96. The van der Waals surface area contributed by atoms with Crippen molar-refractivity contribution in [2.75, 3.05) is 39.3 Å². The molecule has 0 aliphatic carbocycles. The molecule has 3 saturated heterocycles. The minimum Gasteiger partial charge on any atom is -0.481 e. The molecule has 0 radical (unpaired) electrons. The molecule has 0 aromatic heterocycles. The van der Waals surface area contributed by atoms with E-state index in [2.05, 4.69) is 47.9 Å². The Hall–Kier alpha value is -7.54. The molecule has 71 heavy (non-hydrogen) atoms. The second kappa shape index (κ2) is 27.0. The van der Waals surface area contributed by atoms with E-state index in [4.69, 9.17) is 11.5 Å². The van der Waals surface area contributed by atoms with E-state index in [0.717, 1.165) is 16.7 Å². The van der Waals surface area contributed by atoms with Gasteiger partial charge in [-0.15, -0.1) is 0 Å². The van der Waals surface area contributed by atoms with Crippen LogP contribution in [0.2, 0.25) is 0 Å². The molecule has 0 aromatic carbocycles. The molecule has 0 saturated carbocycles. The zero-order chi connectivity index (χ0) is 53.3. The Labute approximate surface area is 404 Å². The van der Waals surface area contributed by atoms with Gasteiger partial charge in [-0.05, 0) is 46.0 Å². The Morgan fingerprint density at radius 3 is 1.86 bits per heavy atom. The van der Waals surface area contributed by atoms with E-state index in [-0.39, 0.29) is 32.4 Å². The average molecular weight is 1010 g/mol. The number of primary amides is 1. The third-order valence-corrected chi connectivity index (χ3v) is 11.5. The molecular formula is C40H61N13O18. The number of rotatable bonds is 10. The fourth-order valence-electron chi connectivity index (χ4n) is 7.70. The highest BCUT2D eigenvalue weighted by atomic mass is 16.4. The maximum atomic E-state index is 14.6. The van der Waals surface area contributed by atoms with Gasteiger partial charge in [0, 0.05) is 13.1 Å². The average Bonchev–Trinajstić information content (AvgIpc) is 3.80. The Morgan fingerprint density at radius 2 is 1.24 bits per heavy atom. The molecule has 17 N–H and O–H groups in total. The number of carboxylic acid groups (broad SMARTS) is 3. The molecule has 10 atom stereocenters. The van der Waals surface area contributed by atoms with Crippen LogP contribution in [0.4, 0.5) is 0 Å². The fraction of sp³-hybridized carbons (Fsp3) is 0.650. The maximum Gasteiger partial charge on any atom is 0.308 e. The lowest BCUT2D eigenvalue weighted by Crippen LogP contribution is -2.65. The lowest BCUT2D eigenvalue weighted by molar-refractivity contribution is -0.149. The van der Waals surface area contributed by atoms with Crippen molar-refractivity contribution in [3.8, 4) is 0 Å². The van der Waals surface area contributed by atoms with E-state index in [1.165, 1.54) is 6.92 Å². The molecule has 394 valence electrons. The van der Waals surface area contributed by atoms with Gasteiger partial charge in [0.2, 0.25) is 65.0 Å². The SMILES string of the molecule is CC1NC(=O)C2CCCN2C(=O)CNC(=O)CNC(=O)CNC(=O)C(CC(=O)O)NC(O)CNC(=O)C(CC(=O)O)NC(=O)C(C(C)C(=O)O)NC(=O)C2CCCCN2C(=O)C1NC(=O)C(N)CC(N)=O. The molecule has 3 rings (SSSR count). The molecule has 3 heterocycles. The van der Waals surface area contributed by atoms with E-state index in [0.29, 0.717) is 12.8 Å². The molecule has 3 fully saturated rings. The number of aliphatic carboxylic acids is 3. The summed E-state index contributed by atoms with van der Waals surface area (Å²) in [6, 6.07) is -13.2. The van der Waals surface area contributed by atoms with Crippen molar-refractivity contribution >= 4 is 82.9 Å². The minimum absolute atomic E-state index is 0.0462. The van der Waals surface area contributed by atoms with Crippen LogP contribution in [-0.2, 0) is 67.1 Å². The first-order chi connectivity index (χ1) is 33.3. The van der Waals surface area contributed by atoms with Gasteiger partial charge in [-0.3, -0.25) is 72.4 Å². The predicted octanol–water partition coefficient (Wildman–Crippen LogP) is -9.05. The number of carbonyl (C=O) groups excluding carboxylic acids is 11. The van der Waals surface area contributed by atoms with E-state index in [1.54, 1.807) is 0 Å². The van der Waals surface area contributed by atoms with Crippen LogP contribution in [0.3, 0.4) is 0 Å². The molecule has 11 amide bonds. The number of nitrogens with one attached hydrogen (secondary N) is 9. The number of aliphatic hydroxyl groups excluding tert-OH is 1. The van der Waals surface area contributed by atoms with Gasteiger partial charge in [-0.1, -0.05) is 0 Å². The van der Waals surface area contributed by atoms with Crippen LogP contribution in [0.5, 0.6) is 0 Å². The van der Waals surface area contributed by atoms with E-state index in [1.807, 2.05) is 0 Å². The van der Waals surface area contributed by atoms with E-state index < -0.39 is 189 Å². The molecule has 0 bridgehead atoms. The standard InChI is InChI=1S/C40H61N13O18/c1-17(40(70)71)31-38(68)49-21(12-30(61)62)35(65)46-15-27(57)48-20(11-29(59)60)34(64)45-14-26(56)43-13-25(55)44-16-28(58)52-9-5-7-22(52)36(66)47-18(2)32(51-33(63)19(41)10-24(42)54)39(69)53-8-4-3-6-23(53)37(67)50-31/h17-23,27,31-32,48,57H,3-16,41H2,1-2H3,(H2,42,54)(H,43,56)(H,44,55)(H,45,64)(H,46,65)(H,47,66)(H,49,68)(H,50,67)(H,51,63)(H,59,60)(H,61,62)(H,70,71). The summed E-state index contributed by atoms with van der Waals surface area (Å²) in [5, 5.41) is 59.6. The molecule has 31 nitrogen and oxygen atoms in total. The highest BCUT2D eigenvalue weighted by Gasteiger charge is 2.43. The monoisotopic (exact) mass is 1010 g/mol. The first-order valence-electron chi connectivity index (χ1n) is 22.4. The topological polar surface area (TPSA) is 487 Å². The molecule has 0 spiro atoms. The van der Waals surface area contributed by atoms with Crippen LogP contribution in [0.25, 0.3) is 0 Å². The van der Waals surface area contributed by atoms with Gasteiger partial charge in [0.25, 0.3) is 0 Å². The number of β-amino-alcohol motifs (C(OH)–C–C–N with tert-alkyl or cyclic N) is 1. The molecule has 31 heteroatoms. The zero-order valence-electron chi connectivity index (χ0n) is 38.7. The molecule has 0 aromatic rings. The smallest absolute Gasteiger partial charge is 0.308 e. The predicted molar refractivity (Wildman–Crippen MR) is 236 cm³/mol. The first-order valence-corrected chi connectivity index (χ1v) is 22.4. The second-order valence-corrected chi connectivity index (χ2v) is 17.0. The van der Waals surface area contributed by atoms with Gasteiger partial charge in [-0.25, -0.2) is 0 Å². The van der Waals surface area contributed by atoms with Crippen molar-refractivity contribution in [1.29, 1.82) is 0 Å². The van der Waals surface area contributed by atoms with Crippen LogP contribution < -0.4 is 59.3 Å². The summed E-state index contributed by atoms with van der Waals surface area (Å²) in [7, 11) is 0. The number of carbonyl (C=O) groups is 14. The summed E-state index contributed by atoms with van der Waals surface area (Å²) in [6.07, 6.45) is -3.87. The highest BCUT2D eigenvalue weighted by Crippen LogP contribution is 2.22. The summed E-state index contributed by atoms with van der Waals surface area (Å²) in [6.45, 7) is -0.904. The van der Waals surface area contributed by atoms with Crippen LogP contribution in [0.15, 0.2) is 0 Å². The van der Waals surface area contributed by atoms with Crippen molar-refractivity contribution in [3.63, 3.8) is 0 Å². The number of amides is 11. The van der Waals surface area contributed by atoms with E-state index in [9.17, 15) is 87.5 Å². The maximum absolute atomic E-state index is 14.6. The minimum atomic E-state index is -2.07. The number of piperidine rings is 1. The number of carboxylic acids is 3. The summed E-state index contributed by atoms with van der Waals surface area (Å²) in [5.74, 6) is -18.1. The van der Waals surface area contributed by atoms with Crippen LogP contribution in [0, 0.1) is 5.92 Å². The first kappa shape index (κ1) is 57.8. The number of aliphatic hydroxyl groups is 1. The van der Waals surface area contributed by atoms with Gasteiger partial charge in [-0.2, -0.15) is 0 Å². The third-order valence-electron chi connectivity index (χ3n) is 11.5. The Balaban J connectivity index is 2.05. The van der Waals surface area contributed by atoms with Gasteiger partial charge < -0.3 is 84.2 Å². The largest absolute Gasteiger partial charge is 0.481 e. The Morgan fingerprint density at radius 1 is 0.690 bits per heavy atom. The van der Waals surface area contributed by atoms with Crippen molar-refractivity contribution < 1.29 is 87.5 Å². The quantitative estimate of drug-likeness (QED) is 0.0966. The number of nitrogens with two attached hydrogens (primary N) is 2. The Bertz CT molecular complexity index is 2090. The van der Waals surface area contributed by atoms with Crippen LogP contribution >= 0.6 is 0 Å².